The monoisotopic (exact) mass is 296 g/mol. The first-order chi connectivity index (χ1) is 9.20. The van der Waals surface area contributed by atoms with Crippen LogP contribution in [0.25, 0.3) is 0 Å². The third-order valence-electron chi connectivity index (χ3n) is 2.68. The zero-order chi connectivity index (χ0) is 13.7. The van der Waals surface area contributed by atoms with Gasteiger partial charge in [-0.3, -0.25) is 4.98 Å². The molecule has 0 saturated carbocycles. The minimum Gasteiger partial charge on any atom is -0.495 e. The molecule has 2 aromatic rings. The Labute approximate surface area is 122 Å². The molecule has 0 aliphatic carbocycles. The molecule has 0 bridgehead atoms. The Bertz CT molecular complexity index is 547. The second-order valence-corrected chi connectivity index (χ2v) is 4.88. The molecule has 0 spiro atoms. The highest BCUT2D eigenvalue weighted by molar-refractivity contribution is 6.35. The molecule has 0 radical (unpaired) electrons. The van der Waals surface area contributed by atoms with Crippen LogP contribution in [0.5, 0.6) is 5.75 Å². The van der Waals surface area contributed by atoms with Gasteiger partial charge in [-0.1, -0.05) is 23.2 Å². The van der Waals surface area contributed by atoms with E-state index in [4.69, 9.17) is 27.9 Å². The summed E-state index contributed by atoms with van der Waals surface area (Å²) in [5.41, 5.74) is 2.11. The van der Waals surface area contributed by atoms with Gasteiger partial charge >= 0.3 is 0 Å². The standard InChI is InChI=1S/C14H14Cl2N2O/c1-19-14-11(6-12(15)7-13(14)16)9-18-8-10-2-4-17-5-3-10/h2-7,18H,8-9H2,1H3. The minimum absolute atomic E-state index is 0.524. The number of pyridine rings is 1. The van der Waals surface area contributed by atoms with E-state index in [0.29, 0.717) is 22.3 Å². The highest BCUT2D eigenvalue weighted by Gasteiger charge is 2.09. The smallest absolute Gasteiger partial charge is 0.142 e. The summed E-state index contributed by atoms with van der Waals surface area (Å²) in [5, 5.41) is 4.45. The largest absolute Gasteiger partial charge is 0.495 e. The summed E-state index contributed by atoms with van der Waals surface area (Å²) < 4.78 is 5.29. The van der Waals surface area contributed by atoms with Crippen LogP contribution >= 0.6 is 23.2 Å². The summed E-state index contributed by atoms with van der Waals surface area (Å²) in [5.74, 6) is 0.660. The lowest BCUT2D eigenvalue weighted by molar-refractivity contribution is 0.408. The Balaban J connectivity index is 2.03. The maximum atomic E-state index is 6.09. The molecule has 0 fully saturated rings. The highest BCUT2D eigenvalue weighted by Crippen LogP contribution is 2.32. The van der Waals surface area contributed by atoms with E-state index >= 15 is 0 Å². The quantitative estimate of drug-likeness (QED) is 0.914. The van der Waals surface area contributed by atoms with Crippen LogP contribution in [0.2, 0.25) is 10.0 Å². The maximum Gasteiger partial charge on any atom is 0.142 e. The number of rotatable bonds is 5. The van der Waals surface area contributed by atoms with Crippen molar-refractivity contribution in [2.75, 3.05) is 7.11 Å². The van der Waals surface area contributed by atoms with Gasteiger partial charge in [-0.05, 0) is 29.8 Å². The summed E-state index contributed by atoms with van der Waals surface area (Å²) in [7, 11) is 1.60. The lowest BCUT2D eigenvalue weighted by atomic mass is 10.2. The zero-order valence-corrected chi connectivity index (χ0v) is 12.0. The lowest BCUT2D eigenvalue weighted by Gasteiger charge is -2.12. The second-order valence-electron chi connectivity index (χ2n) is 4.04. The highest BCUT2D eigenvalue weighted by atomic mass is 35.5. The molecule has 1 heterocycles. The van der Waals surface area contributed by atoms with E-state index < -0.39 is 0 Å². The lowest BCUT2D eigenvalue weighted by Crippen LogP contribution is -2.13. The van der Waals surface area contributed by atoms with Crippen LogP contribution in [-0.4, -0.2) is 12.1 Å². The Morgan fingerprint density at radius 1 is 1.16 bits per heavy atom. The molecule has 0 unspecified atom stereocenters. The van der Waals surface area contributed by atoms with E-state index in [2.05, 4.69) is 10.3 Å². The third-order valence-corrected chi connectivity index (χ3v) is 3.18. The average Bonchev–Trinajstić information content (AvgIpc) is 2.39. The second kappa shape index (κ2) is 6.75. The van der Waals surface area contributed by atoms with Crippen LogP contribution in [0.15, 0.2) is 36.7 Å². The molecule has 1 aromatic carbocycles. The van der Waals surface area contributed by atoms with Crippen molar-refractivity contribution in [3.63, 3.8) is 0 Å². The number of hydrogen-bond donors (Lipinski definition) is 1. The topological polar surface area (TPSA) is 34.1 Å². The summed E-state index contributed by atoms with van der Waals surface area (Å²) in [6.07, 6.45) is 3.54. The molecule has 1 N–H and O–H groups in total. The number of nitrogens with one attached hydrogen (secondary N) is 1. The normalized spacial score (nSPS) is 10.5. The van der Waals surface area contributed by atoms with Gasteiger partial charge < -0.3 is 10.1 Å². The molecule has 0 atom stereocenters. The number of aromatic nitrogens is 1. The van der Waals surface area contributed by atoms with Crippen molar-refractivity contribution >= 4 is 23.2 Å². The van der Waals surface area contributed by atoms with Crippen LogP contribution in [0.1, 0.15) is 11.1 Å². The average molecular weight is 297 g/mol. The van der Waals surface area contributed by atoms with Gasteiger partial charge in [0.25, 0.3) is 0 Å². The van der Waals surface area contributed by atoms with Crippen LogP contribution in [0.3, 0.4) is 0 Å². The predicted octanol–water partition coefficient (Wildman–Crippen LogP) is 3.69. The molecule has 0 aliphatic heterocycles. The Morgan fingerprint density at radius 2 is 1.89 bits per heavy atom. The molecule has 100 valence electrons. The van der Waals surface area contributed by atoms with Crippen molar-refractivity contribution in [1.82, 2.24) is 10.3 Å². The van der Waals surface area contributed by atoms with E-state index in [1.54, 1.807) is 25.6 Å². The number of hydrogen-bond acceptors (Lipinski definition) is 3. The van der Waals surface area contributed by atoms with Gasteiger partial charge in [0, 0.05) is 36.1 Å². The van der Waals surface area contributed by atoms with Gasteiger partial charge in [0.15, 0.2) is 0 Å². The first kappa shape index (κ1) is 14.1. The third kappa shape index (κ3) is 3.83. The fourth-order valence-corrected chi connectivity index (χ4v) is 2.43. The van der Waals surface area contributed by atoms with E-state index in [-0.39, 0.29) is 0 Å². The molecule has 5 heteroatoms. The fraction of sp³-hybridized carbons (Fsp3) is 0.214. The molecule has 0 aliphatic rings. The van der Waals surface area contributed by atoms with Gasteiger partial charge in [-0.25, -0.2) is 0 Å². The van der Waals surface area contributed by atoms with Crippen molar-refractivity contribution in [3.05, 3.63) is 57.8 Å². The maximum absolute atomic E-state index is 6.09. The first-order valence-corrected chi connectivity index (χ1v) is 6.58. The molecule has 0 saturated heterocycles. The molecule has 0 amide bonds. The van der Waals surface area contributed by atoms with E-state index in [1.165, 1.54) is 5.56 Å². The molecule has 1 aromatic heterocycles. The molecular formula is C14H14Cl2N2O. The van der Waals surface area contributed by atoms with Crippen molar-refractivity contribution in [3.8, 4) is 5.75 Å². The minimum atomic E-state index is 0.524. The van der Waals surface area contributed by atoms with Gasteiger partial charge in [0.05, 0.1) is 12.1 Å². The van der Waals surface area contributed by atoms with Crippen LogP contribution in [0, 0.1) is 0 Å². The van der Waals surface area contributed by atoms with E-state index in [9.17, 15) is 0 Å². The van der Waals surface area contributed by atoms with E-state index in [1.807, 2.05) is 18.2 Å². The van der Waals surface area contributed by atoms with Crippen molar-refractivity contribution in [2.45, 2.75) is 13.1 Å². The summed E-state index contributed by atoms with van der Waals surface area (Å²) in [6, 6.07) is 7.46. The molecule has 3 nitrogen and oxygen atoms in total. The number of halogens is 2. The van der Waals surface area contributed by atoms with Crippen molar-refractivity contribution in [1.29, 1.82) is 0 Å². The molecule has 19 heavy (non-hydrogen) atoms. The fourth-order valence-electron chi connectivity index (χ4n) is 1.82. The van der Waals surface area contributed by atoms with Crippen LogP contribution in [-0.2, 0) is 13.1 Å². The van der Waals surface area contributed by atoms with Gasteiger partial charge in [-0.2, -0.15) is 0 Å². The SMILES string of the molecule is COc1c(Cl)cc(Cl)cc1CNCc1ccncc1. The Morgan fingerprint density at radius 3 is 2.58 bits per heavy atom. The molecular weight excluding hydrogens is 283 g/mol. The predicted molar refractivity (Wildman–Crippen MR) is 77.8 cm³/mol. The van der Waals surface area contributed by atoms with Gasteiger partial charge in [0.1, 0.15) is 5.75 Å². The summed E-state index contributed by atoms with van der Waals surface area (Å²) in [4.78, 5) is 3.98. The van der Waals surface area contributed by atoms with Gasteiger partial charge in [-0.15, -0.1) is 0 Å². The number of methoxy groups -OCH3 is 1. The zero-order valence-electron chi connectivity index (χ0n) is 10.5. The van der Waals surface area contributed by atoms with Crippen LogP contribution in [0.4, 0.5) is 0 Å². The number of ether oxygens (including phenoxy) is 1. The number of benzene rings is 1. The number of nitrogens with zero attached hydrogens (tertiary/aromatic N) is 1. The Kier molecular flexibility index (Phi) is 5.02. The van der Waals surface area contributed by atoms with Gasteiger partial charge in [0.2, 0.25) is 0 Å². The van der Waals surface area contributed by atoms with Crippen molar-refractivity contribution in [2.24, 2.45) is 0 Å². The summed E-state index contributed by atoms with van der Waals surface area (Å²) >= 11 is 12.1. The Hall–Kier alpha value is -1.29. The molecule has 2 rings (SSSR count). The van der Waals surface area contributed by atoms with Crippen molar-refractivity contribution < 1.29 is 4.74 Å². The summed E-state index contributed by atoms with van der Waals surface area (Å²) in [6.45, 7) is 1.38. The first-order valence-electron chi connectivity index (χ1n) is 5.82. The van der Waals surface area contributed by atoms with E-state index in [0.717, 1.165) is 12.1 Å². The van der Waals surface area contributed by atoms with Crippen LogP contribution < -0.4 is 10.1 Å².